The first kappa shape index (κ1) is 19.1. The maximum atomic E-state index is 12.4. The van der Waals surface area contributed by atoms with E-state index in [1.165, 1.54) is 0 Å². The highest BCUT2D eigenvalue weighted by molar-refractivity contribution is 8.00. The summed E-state index contributed by atoms with van der Waals surface area (Å²) < 4.78 is 5.44. The van der Waals surface area contributed by atoms with Gasteiger partial charge in [-0.2, -0.15) is 0 Å². The average Bonchev–Trinajstić information content (AvgIpc) is 3.10. The van der Waals surface area contributed by atoms with Crippen LogP contribution in [0.5, 0.6) is 5.75 Å². The lowest BCUT2D eigenvalue weighted by molar-refractivity contribution is -0.128. The van der Waals surface area contributed by atoms with Crippen LogP contribution in [0.15, 0.2) is 84.9 Å². The molecule has 0 spiro atoms. The zero-order chi connectivity index (χ0) is 20.1. The molecular weight excluding hydrogens is 384 g/mol. The minimum Gasteiger partial charge on any atom is -0.410 e. The van der Waals surface area contributed by atoms with Gasteiger partial charge in [0, 0.05) is 12.2 Å². The molecule has 6 heteroatoms. The van der Waals surface area contributed by atoms with Gasteiger partial charge in [0.2, 0.25) is 5.91 Å². The van der Waals surface area contributed by atoms with Crippen molar-refractivity contribution in [2.45, 2.75) is 11.9 Å². The predicted molar refractivity (Wildman–Crippen MR) is 115 cm³/mol. The molecule has 1 fully saturated rings. The molecule has 1 atom stereocenters. The molecule has 1 saturated heterocycles. The van der Waals surface area contributed by atoms with Crippen molar-refractivity contribution in [2.24, 2.45) is 0 Å². The Morgan fingerprint density at radius 3 is 2.48 bits per heavy atom. The summed E-state index contributed by atoms with van der Waals surface area (Å²) in [5, 5.41) is 2.59. The highest BCUT2D eigenvalue weighted by Gasteiger charge is 2.33. The minimum absolute atomic E-state index is 0.108. The molecule has 3 aromatic rings. The zero-order valence-electron chi connectivity index (χ0n) is 15.7. The van der Waals surface area contributed by atoms with Crippen molar-refractivity contribution in [3.8, 4) is 5.75 Å². The summed E-state index contributed by atoms with van der Waals surface area (Å²) in [5.41, 5.74) is 2.68. The summed E-state index contributed by atoms with van der Waals surface area (Å²) in [6.07, 6.45) is -0.551. The fraction of sp³-hybridized carbons (Fsp3) is 0.130. The largest absolute Gasteiger partial charge is 0.417 e. The van der Waals surface area contributed by atoms with Gasteiger partial charge in [-0.15, -0.1) is 11.8 Å². The Hall–Kier alpha value is -3.25. The molecule has 0 radical (unpaired) electrons. The number of hydrogen-bond donors (Lipinski definition) is 1. The number of amides is 2. The van der Waals surface area contributed by atoms with Gasteiger partial charge in [0.25, 0.3) is 0 Å². The Morgan fingerprint density at radius 2 is 1.72 bits per heavy atom. The number of hydrogen-bond acceptors (Lipinski definition) is 4. The first-order valence-corrected chi connectivity index (χ1v) is 10.3. The van der Waals surface area contributed by atoms with Gasteiger partial charge in [-0.05, 0) is 35.4 Å². The van der Waals surface area contributed by atoms with E-state index >= 15 is 0 Å². The molecule has 2 amide bonds. The van der Waals surface area contributed by atoms with Gasteiger partial charge < -0.3 is 9.64 Å². The van der Waals surface area contributed by atoms with E-state index in [2.05, 4.69) is 5.32 Å². The number of carbonyl (C=O) groups is 2. The first-order valence-electron chi connectivity index (χ1n) is 9.28. The third kappa shape index (κ3) is 4.78. The van der Waals surface area contributed by atoms with E-state index < -0.39 is 6.09 Å². The number of anilines is 1. The lowest BCUT2D eigenvalue weighted by Crippen LogP contribution is -2.27. The van der Waals surface area contributed by atoms with E-state index in [0.717, 1.165) is 11.1 Å². The molecule has 1 N–H and O–H groups in total. The molecule has 0 saturated carbocycles. The van der Waals surface area contributed by atoms with Gasteiger partial charge in [0.05, 0.1) is 5.75 Å². The van der Waals surface area contributed by atoms with Crippen LogP contribution in [0, 0.1) is 0 Å². The molecule has 5 nitrogen and oxygen atoms in total. The van der Waals surface area contributed by atoms with Crippen molar-refractivity contribution >= 4 is 29.4 Å². The third-order valence-electron chi connectivity index (χ3n) is 4.54. The van der Waals surface area contributed by atoms with Gasteiger partial charge in [-0.3, -0.25) is 10.1 Å². The maximum absolute atomic E-state index is 12.4. The van der Waals surface area contributed by atoms with Crippen LogP contribution in [0.2, 0.25) is 0 Å². The Balaban J connectivity index is 1.47. The molecule has 1 aliphatic rings. The third-order valence-corrected chi connectivity index (χ3v) is 5.79. The number of nitrogens with zero attached hydrogens (tertiary/aromatic N) is 1. The van der Waals surface area contributed by atoms with Crippen molar-refractivity contribution in [3.05, 3.63) is 96.1 Å². The van der Waals surface area contributed by atoms with Gasteiger partial charge in [0.15, 0.2) is 0 Å². The molecule has 1 heterocycles. The predicted octanol–water partition coefficient (Wildman–Crippen LogP) is 5.07. The lowest BCUT2D eigenvalue weighted by Gasteiger charge is -2.24. The molecule has 0 aromatic heterocycles. The van der Waals surface area contributed by atoms with E-state index in [0.29, 0.717) is 23.7 Å². The fourth-order valence-electron chi connectivity index (χ4n) is 3.18. The van der Waals surface area contributed by atoms with E-state index in [9.17, 15) is 9.59 Å². The number of thioether (sulfide) groups is 1. The molecule has 0 aliphatic carbocycles. The fourth-order valence-corrected chi connectivity index (χ4v) is 4.36. The van der Waals surface area contributed by atoms with Gasteiger partial charge in [-0.25, -0.2) is 4.79 Å². The van der Waals surface area contributed by atoms with Crippen LogP contribution >= 0.6 is 11.8 Å². The van der Waals surface area contributed by atoms with Crippen LogP contribution in [0.25, 0.3) is 0 Å². The molecule has 1 aliphatic heterocycles. The van der Waals surface area contributed by atoms with Crippen LogP contribution in [0.1, 0.15) is 16.5 Å². The molecular formula is C23H20N2O3S. The van der Waals surface area contributed by atoms with Crippen LogP contribution < -0.4 is 10.1 Å². The normalized spacial score (nSPS) is 15.9. The second kappa shape index (κ2) is 8.84. The van der Waals surface area contributed by atoms with Crippen molar-refractivity contribution in [3.63, 3.8) is 0 Å². The number of benzene rings is 3. The van der Waals surface area contributed by atoms with Crippen molar-refractivity contribution in [1.29, 1.82) is 0 Å². The van der Waals surface area contributed by atoms with Crippen molar-refractivity contribution < 1.29 is 14.3 Å². The first-order chi connectivity index (χ1) is 14.2. The summed E-state index contributed by atoms with van der Waals surface area (Å²) in [7, 11) is 0. The molecule has 29 heavy (non-hydrogen) atoms. The summed E-state index contributed by atoms with van der Waals surface area (Å²) in [6.45, 7) is 0.552. The SMILES string of the molecule is O=C(Nc1ccccc1)Oc1cccc([C@@H]2SCC(=O)N2Cc2ccccc2)c1. The summed E-state index contributed by atoms with van der Waals surface area (Å²) in [4.78, 5) is 26.5. The van der Waals surface area contributed by atoms with Crippen LogP contribution in [-0.4, -0.2) is 22.7 Å². The highest BCUT2D eigenvalue weighted by atomic mass is 32.2. The van der Waals surface area contributed by atoms with Crippen molar-refractivity contribution in [1.82, 2.24) is 4.90 Å². The second-order valence-electron chi connectivity index (χ2n) is 6.62. The highest BCUT2D eigenvalue weighted by Crippen LogP contribution is 2.40. The maximum Gasteiger partial charge on any atom is 0.417 e. The smallest absolute Gasteiger partial charge is 0.410 e. The Morgan fingerprint density at radius 1 is 1.00 bits per heavy atom. The van der Waals surface area contributed by atoms with E-state index in [-0.39, 0.29) is 11.3 Å². The van der Waals surface area contributed by atoms with Crippen molar-refractivity contribution in [2.75, 3.05) is 11.1 Å². The monoisotopic (exact) mass is 404 g/mol. The average molecular weight is 404 g/mol. The van der Waals surface area contributed by atoms with Crippen LogP contribution in [-0.2, 0) is 11.3 Å². The minimum atomic E-state index is -0.551. The number of carbonyl (C=O) groups excluding carboxylic acids is 2. The molecule has 0 bridgehead atoms. The molecule has 0 unspecified atom stereocenters. The van der Waals surface area contributed by atoms with Crippen LogP contribution in [0.4, 0.5) is 10.5 Å². The topological polar surface area (TPSA) is 58.6 Å². The summed E-state index contributed by atoms with van der Waals surface area (Å²) >= 11 is 1.58. The number of rotatable bonds is 5. The zero-order valence-corrected chi connectivity index (χ0v) is 16.5. The Kier molecular flexibility index (Phi) is 5.81. The second-order valence-corrected chi connectivity index (χ2v) is 7.69. The van der Waals surface area contributed by atoms with Crippen LogP contribution in [0.3, 0.4) is 0 Å². The van der Waals surface area contributed by atoms with E-state index in [4.69, 9.17) is 4.74 Å². The van der Waals surface area contributed by atoms with Gasteiger partial charge in [0.1, 0.15) is 11.1 Å². The van der Waals surface area contributed by atoms with Gasteiger partial charge >= 0.3 is 6.09 Å². The Bertz CT molecular complexity index is 995. The number of nitrogens with one attached hydrogen (secondary N) is 1. The standard InChI is InChI=1S/C23H20N2O3S/c26-21-16-29-22(25(21)15-17-8-3-1-4-9-17)18-10-7-13-20(14-18)28-23(27)24-19-11-5-2-6-12-19/h1-14,22H,15-16H2,(H,24,27)/t22-/m0/s1. The lowest BCUT2D eigenvalue weighted by atomic mass is 10.1. The van der Waals surface area contributed by atoms with E-state index in [1.54, 1.807) is 30.0 Å². The van der Waals surface area contributed by atoms with Gasteiger partial charge in [-0.1, -0.05) is 60.7 Å². The Labute approximate surface area is 173 Å². The number of ether oxygens (including phenoxy) is 1. The molecule has 3 aromatic carbocycles. The number of para-hydroxylation sites is 1. The summed E-state index contributed by atoms with van der Waals surface area (Å²) in [6, 6.07) is 26.4. The summed E-state index contributed by atoms with van der Waals surface area (Å²) in [5.74, 6) is 0.990. The quantitative estimate of drug-likeness (QED) is 0.645. The van der Waals surface area contributed by atoms with E-state index in [1.807, 2.05) is 71.6 Å². The molecule has 146 valence electrons. The molecule has 4 rings (SSSR count).